The Kier molecular flexibility index (Phi) is 3.53. The third kappa shape index (κ3) is 2.83. The Morgan fingerprint density at radius 3 is 2.06 bits per heavy atom. The van der Waals surface area contributed by atoms with Crippen LogP contribution in [0.5, 0.6) is 0 Å². The topological polar surface area (TPSA) is 43.1 Å². The molecule has 0 aliphatic carbocycles. The summed E-state index contributed by atoms with van der Waals surface area (Å²) in [6.07, 6.45) is 1.35. The lowest BCUT2D eigenvalue weighted by molar-refractivity contribution is -0.113. The SMILES string of the molecule is NC(=O)/C=C(\c1ccccc1)c1ccc(F)cc1. The third-order valence-corrected chi connectivity index (χ3v) is 2.53. The molecule has 2 rings (SSSR count). The van der Waals surface area contributed by atoms with E-state index in [1.807, 2.05) is 30.3 Å². The van der Waals surface area contributed by atoms with Crippen molar-refractivity contribution in [2.75, 3.05) is 0 Å². The van der Waals surface area contributed by atoms with Crippen LogP contribution in [0.2, 0.25) is 0 Å². The molecule has 0 aliphatic rings. The highest BCUT2D eigenvalue weighted by Gasteiger charge is 2.06. The normalized spacial score (nSPS) is 11.3. The van der Waals surface area contributed by atoms with Crippen molar-refractivity contribution < 1.29 is 9.18 Å². The van der Waals surface area contributed by atoms with Crippen LogP contribution in [0.1, 0.15) is 11.1 Å². The average Bonchev–Trinajstić information content (AvgIpc) is 2.38. The van der Waals surface area contributed by atoms with Crippen LogP contribution in [-0.4, -0.2) is 5.91 Å². The largest absolute Gasteiger partial charge is 0.366 e. The van der Waals surface area contributed by atoms with Gasteiger partial charge in [-0.15, -0.1) is 0 Å². The van der Waals surface area contributed by atoms with Gasteiger partial charge in [-0.1, -0.05) is 42.5 Å². The molecule has 0 unspecified atom stereocenters. The summed E-state index contributed by atoms with van der Waals surface area (Å²) >= 11 is 0. The molecule has 0 atom stereocenters. The first-order chi connectivity index (χ1) is 8.66. The predicted octanol–water partition coefficient (Wildman–Crippen LogP) is 2.74. The molecule has 3 heteroatoms. The van der Waals surface area contributed by atoms with Crippen molar-refractivity contribution >= 4 is 11.5 Å². The highest BCUT2D eigenvalue weighted by molar-refractivity contribution is 5.98. The fraction of sp³-hybridized carbons (Fsp3) is 0. The molecule has 18 heavy (non-hydrogen) atoms. The maximum atomic E-state index is 12.9. The number of carbonyl (C=O) groups excluding carboxylic acids is 1. The van der Waals surface area contributed by atoms with E-state index < -0.39 is 5.91 Å². The first kappa shape index (κ1) is 12.0. The number of carbonyl (C=O) groups is 1. The molecule has 0 aliphatic heterocycles. The number of benzene rings is 2. The van der Waals surface area contributed by atoms with E-state index in [-0.39, 0.29) is 5.82 Å². The van der Waals surface area contributed by atoms with E-state index in [0.29, 0.717) is 5.57 Å². The Hall–Kier alpha value is -2.42. The van der Waals surface area contributed by atoms with E-state index in [0.717, 1.165) is 11.1 Å². The monoisotopic (exact) mass is 241 g/mol. The van der Waals surface area contributed by atoms with E-state index in [9.17, 15) is 9.18 Å². The molecular weight excluding hydrogens is 229 g/mol. The summed E-state index contributed by atoms with van der Waals surface area (Å²) in [5.74, 6) is -0.844. The van der Waals surface area contributed by atoms with Crippen LogP contribution < -0.4 is 5.73 Å². The van der Waals surface area contributed by atoms with Crippen molar-refractivity contribution in [1.29, 1.82) is 0 Å². The minimum absolute atomic E-state index is 0.315. The lowest BCUT2D eigenvalue weighted by Gasteiger charge is -2.07. The molecule has 90 valence electrons. The number of rotatable bonds is 3. The van der Waals surface area contributed by atoms with Crippen LogP contribution in [-0.2, 0) is 4.79 Å². The second-order valence-corrected chi connectivity index (χ2v) is 3.83. The van der Waals surface area contributed by atoms with Crippen LogP contribution in [0.15, 0.2) is 60.7 Å². The third-order valence-electron chi connectivity index (χ3n) is 2.53. The molecular formula is C15H12FNO. The molecule has 0 heterocycles. The van der Waals surface area contributed by atoms with Gasteiger partial charge in [-0.05, 0) is 28.8 Å². The lowest BCUT2D eigenvalue weighted by atomic mass is 9.97. The van der Waals surface area contributed by atoms with Gasteiger partial charge in [0.2, 0.25) is 5.91 Å². The zero-order chi connectivity index (χ0) is 13.0. The second kappa shape index (κ2) is 5.27. The second-order valence-electron chi connectivity index (χ2n) is 3.83. The van der Waals surface area contributed by atoms with Crippen molar-refractivity contribution in [2.45, 2.75) is 0 Å². The summed E-state index contributed by atoms with van der Waals surface area (Å²) in [7, 11) is 0. The van der Waals surface area contributed by atoms with Crippen molar-refractivity contribution in [2.24, 2.45) is 5.73 Å². The maximum absolute atomic E-state index is 12.9. The van der Waals surface area contributed by atoms with Gasteiger partial charge in [-0.3, -0.25) is 4.79 Å². The Labute approximate surface area is 105 Å². The number of nitrogens with two attached hydrogens (primary N) is 1. The lowest BCUT2D eigenvalue weighted by Crippen LogP contribution is -2.07. The van der Waals surface area contributed by atoms with Gasteiger partial charge >= 0.3 is 0 Å². The summed E-state index contributed by atoms with van der Waals surface area (Å²) < 4.78 is 12.9. The molecule has 0 saturated carbocycles. The summed E-state index contributed by atoms with van der Waals surface area (Å²) in [4.78, 5) is 11.1. The molecule has 0 bridgehead atoms. The van der Waals surface area contributed by atoms with Crippen LogP contribution in [0, 0.1) is 5.82 Å². The van der Waals surface area contributed by atoms with Crippen molar-refractivity contribution in [3.63, 3.8) is 0 Å². The van der Waals surface area contributed by atoms with Crippen LogP contribution in [0.25, 0.3) is 5.57 Å². The molecule has 0 radical (unpaired) electrons. The molecule has 0 fully saturated rings. The summed E-state index contributed by atoms with van der Waals surface area (Å²) in [6.45, 7) is 0. The van der Waals surface area contributed by atoms with Crippen LogP contribution >= 0.6 is 0 Å². The van der Waals surface area contributed by atoms with Gasteiger partial charge in [0.15, 0.2) is 0 Å². The van der Waals surface area contributed by atoms with Gasteiger partial charge in [0.25, 0.3) is 0 Å². The number of halogens is 1. The number of hydrogen-bond acceptors (Lipinski definition) is 1. The first-order valence-electron chi connectivity index (χ1n) is 5.49. The number of primary amides is 1. The van der Waals surface area contributed by atoms with Crippen molar-refractivity contribution in [1.82, 2.24) is 0 Å². The Balaban J connectivity index is 2.51. The van der Waals surface area contributed by atoms with E-state index in [4.69, 9.17) is 5.73 Å². The highest BCUT2D eigenvalue weighted by atomic mass is 19.1. The summed E-state index contributed by atoms with van der Waals surface area (Å²) in [5.41, 5.74) is 7.51. The maximum Gasteiger partial charge on any atom is 0.242 e. The molecule has 0 aromatic heterocycles. The summed E-state index contributed by atoms with van der Waals surface area (Å²) in [6, 6.07) is 15.3. The number of hydrogen-bond donors (Lipinski definition) is 1. The molecule has 2 nitrogen and oxygen atoms in total. The molecule has 2 aromatic rings. The molecule has 0 saturated heterocycles. The smallest absolute Gasteiger partial charge is 0.242 e. The predicted molar refractivity (Wildman–Crippen MR) is 69.1 cm³/mol. The van der Waals surface area contributed by atoms with E-state index in [2.05, 4.69) is 0 Å². The zero-order valence-corrected chi connectivity index (χ0v) is 9.64. The highest BCUT2D eigenvalue weighted by Crippen LogP contribution is 2.23. The molecule has 2 aromatic carbocycles. The molecule has 0 spiro atoms. The molecule has 1 amide bonds. The van der Waals surface area contributed by atoms with Crippen molar-refractivity contribution in [3.05, 3.63) is 77.6 Å². The van der Waals surface area contributed by atoms with Gasteiger partial charge in [-0.2, -0.15) is 0 Å². The first-order valence-corrected chi connectivity index (χ1v) is 5.49. The van der Waals surface area contributed by atoms with Gasteiger partial charge in [-0.25, -0.2) is 4.39 Å². The van der Waals surface area contributed by atoms with Gasteiger partial charge in [0.1, 0.15) is 5.82 Å². The quantitative estimate of drug-likeness (QED) is 0.825. The van der Waals surface area contributed by atoms with Crippen LogP contribution in [0.3, 0.4) is 0 Å². The Morgan fingerprint density at radius 2 is 1.50 bits per heavy atom. The minimum Gasteiger partial charge on any atom is -0.366 e. The minimum atomic E-state index is -0.529. The summed E-state index contributed by atoms with van der Waals surface area (Å²) in [5, 5.41) is 0. The zero-order valence-electron chi connectivity index (χ0n) is 9.64. The van der Waals surface area contributed by atoms with E-state index in [1.165, 1.54) is 18.2 Å². The fourth-order valence-electron chi connectivity index (χ4n) is 1.72. The Morgan fingerprint density at radius 1 is 0.944 bits per heavy atom. The average molecular weight is 241 g/mol. The Bertz CT molecular complexity index is 573. The standard InChI is InChI=1S/C15H12FNO/c16-13-8-6-12(7-9-13)14(10-15(17)18)11-4-2-1-3-5-11/h1-10H,(H2,17,18)/b14-10+. The van der Waals surface area contributed by atoms with Crippen molar-refractivity contribution in [3.8, 4) is 0 Å². The molecule has 2 N–H and O–H groups in total. The van der Waals surface area contributed by atoms with E-state index in [1.54, 1.807) is 12.1 Å². The van der Waals surface area contributed by atoms with E-state index >= 15 is 0 Å². The van der Waals surface area contributed by atoms with Gasteiger partial charge in [0, 0.05) is 6.08 Å². The number of amides is 1. The fourth-order valence-corrected chi connectivity index (χ4v) is 1.72. The van der Waals surface area contributed by atoms with Gasteiger partial charge in [0.05, 0.1) is 0 Å². The van der Waals surface area contributed by atoms with Gasteiger partial charge < -0.3 is 5.73 Å². The van der Waals surface area contributed by atoms with Crippen LogP contribution in [0.4, 0.5) is 4.39 Å².